The summed E-state index contributed by atoms with van der Waals surface area (Å²) in [6.07, 6.45) is 0.958. The molecule has 0 bridgehead atoms. The number of aromatic nitrogens is 1. The lowest BCUT2D eigenvalue weighted by Crippen LogP contribution is -2.39. The van der Waals surface area contributed by atoms with Gasteiger partial charge in [0.2, 0.25) is 5.71 Å². The fraction of sp³-hybridized carbons (Fsp3) is 0.194. The number of pyridine rings is 1. The van der Waals surface area contributed by atoms with Crippen LogP contribution in [0.4, 0.5) is 4.39 Å². The minimum atomic E-state index is -0.849. The highest BCUT2D eigenvalue weighted by Crippen LogP contribution is 2.37. The van der Waals surface area contributed by atoms with Gasteiger partial charge in [-0.15, -0.1) is 0 Å². The number of nitrogens with one attached hydrogen (secondary N) is 1. The topological polar surface area (TPSA) is 58.3 Å². The number of fused-ring (bicyclic) bond motifs is 1. The minimum Gasteiger partial charge on any atom is -0.437 e. The van der Waals surface area contributed by atoms with Gasteiger partial charge in [0, 0.05) is 33.8 Å². The molecule has 1 unspecified atom stereocenters. The van der Waals surface area contributed by atoms with Gasteiger partial charge in [0.1, 0.15) is 17.8 Å². The van der Waals surface area contributed by atoms with Gasteiger partial charge in [0.25, 0.3) is 0 Å². The molecule has 2 aromatic heterocycles. The predicted molar refractivity (Wildman–Crippen MR) is 142 cm³/mol. The van der Waals surface area contributed by atoms with Crippen molar-refractivity contribution in [1.29, 1.82) is 0 Å². The van der Waals surface area contributed by atoms with Crippen LogP contribution in [0.1, 0.15) is 42.3 Å². The van der Waals surface area contributed by atoms with E-state index in [4.69, 9.17) is 4.42 Å². The number of hydrogen-bond acceptors (Lipinski definition) is 4. The Morgan fingerprint density at radius 1 is 0.889 bits per heavy atom. The molecule has 5 rings (SSSR count). The van der Waals surface area contributed by atoms with Crippen molar-refractivity contribution in [2.24, 2.45) is 0 Å². The monoisotopic (exact) mass is 480 g/mol. The summed E-state index contributed by atoms with van der Waals surface area (Å²) in [6.45, 7) is 8.16. The van der Waals surface area contributed by atoms with Crippen molar-refractivity contribution >= 4 is 11.1 Å². The molecule has 0 aliphatic heterocycles. The summed E-state index contributed by atoms with van der Waals surface area (Å²) in [5.74, 6) is 0.405. The number of nitrogens with zero attached hydrogens (tertiary/aromatic N) is 1. The maximum absolute atomic E-state index is 13.4. The zero-order valence-corrected chi connectivity index (χ0v) is 20.8. The Hall–Kier alpha value is -3.80. The van der Waals surface area contributed by atoms with E-state index >= 15 is 0 Å². The van der Waals surface area contributed by atoms with Crippen LogP contribution in [-0.4, -0.2) is 10.1 Å². The van der Waals surface area contributed by atoms with Gasteiger partial charge in [-0.05, 0) is 80.3 Å². The first-order chi connectivity index (χ1) is 17.2. The zero-order chi connectivity index (χ0) is 25.4. The molecule has 3 aromatic carbocycles. The van der Waals surface area contributed by atoms with Gasteiger partial charge >= 0.3 is 0 Å². The Balaban J connectivity index is 1.49. The molecule has 0 saturated heterocycles. The molecular weight excluding hydrogens is 451 g/mol. The SMILES string of the molecule is Cc1c(-c2cccc(C(O)NC(C)(C)c3ccccc3)c2)cnc2oc(-c3ccc(F)cc3)c(C)c12. The van der Waals surface area contributed by atoms with Crippen LogP contribution >= 0.6 is 0 Å². The molecule has 2 heterocycles. The molecule has 1 atom stereocenters. The highest BCUT2D eigenvalue weighted by Gasteiger charge is 2.24. The van der Waals surface area contributed by atoms with Crippen molar-refractivity contribution in [1.82, 2.24) is 10.3 Å². The molecule has 4 nitrogen and oxygen atoms in total. The van der Waals surface area contributed by atoms with Gasteiger partial charge in [0.15, 0.2) is 0 Å². The lowest BCUT2D eigenvalue weighted by molar-refractivity contribution is 0.101. The van der Waals surface area contributed by atoms with Crippen LogP contribution in [0.5, 0.6) is 0 Å². The van der Waals surface area contributed by atoms with Gasteiger partial charge in [-0.3, -0.25) is 5.32 Å². The van der Waals surface area contributed by atoms with Gasteiger partial charge in [-0.2, -0.15) is 0 Å². The molecule has 5 heteroatoms. The Bertz CT molecular complexity index is 1520. The first-order valence-corrected chi connectivity index (χ1v) is 12.0. The van der Waals surface area contributed by atoms with E-state index in [1.807, 2.05) is 67.7 Å². The lowest BCUT2D eigenvalue weighted by Gasteiger charge is -2.30. The van der Waals surface area contributed by atoms with Crippen molar-refractivity contribution in [2.45, 2.75) is 39.5 Å². The van der Waals surface area contributed by atoms with Gasteiger partial charge in [-0.1, -0.05) is 48.5 Å². The third-order valence-corrected chi connectivity index (χ3v) is 6.83. The van der Waals surface area contributed by atoms with E-state index in [1.54, 1.807) is 12.1 Å². The summed E-state index contributed by atoms with van der Waals surface area (Å²) in [5.41, 5.74) is 6.74. The molecular formula is C31H29FN2O2. The second-order valence-electron chi connectivity index (χ2n) is 9.70. The van der Waals surface area contributed by atoms with E-state index < -0.39 is 11.8 Å². The van der Waals surface area contributed by atoms with Crippen LogP contribution < -0.4 is 5.32 Å². The van der Waals surface area contributed by atoms with E-state index in [0.29, 0.717) is 11.5 Å². The molecule has 0 amide bonds. The fourth-order valence-corrected chi connectivity index (χ4v) is 4.79. The molecule has 5 aromatic rings. The number of hydrogen-bond donors (Lipinski definition) is 2. The highest BCUT2D eigenvalue weighted by atomic mass is 19.1. The molecule has 182 valence electrons. The Morgan fingerprint density at radius 3 is 2.33 bits per heavy atom. The molecule has 0 fully saturated rings. The maximum atomic E-state index is 13.4. The van der Waals surface area contributed by atoms with Crippen LogP contribution in [0.3, 0.4) is 0 Å². The maximum Gasteiger partial charge on any atom is 0.227 e. The smallest absolute Gasteiger partial charge is 0.227 e. The molecule has 0 saturated carbocycles. The summed E-state index contributed by atoms with van der Waals surface area (Å²) in [6, 6.07) is 24.2. The van der Waals surface area contributed by atoms with Gasteiger partial charge < -0.3 is 9.52 Å². The first kappa shape index (κ1) is 23.9. The molecule has 2 N–H and O–H groups in total. The first-order valence-electron chi connectivity index (χ1n) is 12.0. The summed E-state index contributed by atoms with van der Waals surface area (Å²) in [4.78, 5) is 4.60. The second-order valence-corrected chi connectivity index (χ2v) is 9.70. The Kier molecular flexibility index (Phi) is 6.20. The average molecular weight is 481 g/mol. The van der Waals surface area contributed by atoms with E-state index in [0.717, 1.165) is 44.3 Å². The van der Waals surface area contributed by atoms with Crippen molar-refractivity contribution in [2.75, 3.05) is 0 Å². The largest absolute Gasteiger partial charge is 0.437 e. The van der Waals surface area contributed by atoms with Crippen LogP contribution in [0.2, 0.25) is 0 Å². The number of furan rings is 1. The number of rotatable bonds is 6. The minimum absolute atomic E-state index is 0.284. The normalized spacial score (nSPS) is 12.7. The van der Waals surface area contributed by atoms with E-state index in [-0.39, 0.29) is 5.82 Å². The van der Waals surface area contributed by atoms with Crippen LogP contribution in [0.25, 0.3) is 33.6 Å². The van der Waals surface area contributed by atoms with Gasteiger partial charge in [-0.25, -0.2) is 9.37 Å². The lowest BCUT2D eigenvalue weighted by atomic mass is 9.93. The molecule has 36 heavy (non-hydrogen) atoms. The van der Waals surface area contributed by atoms with E-state index in [1.165, 1.54) is 12.1 Å². The molecule has 0 radical (unpaired) electrons. The molecule has 0 aliphatic rings. The van der Waals surface area contributed by atoms with Gasteiger partial charge in [0.05, 0.1) is 0 Å². The van der Waals surface area contributed by atoms with Crippen molar-refractivity contribution < 1.29 is 13.9 Å². The highest BCUT2D eigenvalue weighted by molar-refractivity contribution is 5.92. The number of aliphatic hydroxyl groups is 1. The quantitative estimate of drug-likeness (QED) is 0.248. The van der Waals surface area contributed by atoms with E-state index in [9.17, 15) is 9.50 Å². The number of aryl methyl sites for hydroxylation is 2. The Labute approximate surface area is 210 Å². The predicted octanol–water partition coefficient (Wildman–Crippen LogP) is 7.43. The fourth-order valence-electron chi connectivity index (χ4n) is 4.79. The summed E-state index contributed by atoms with van der Waals surface area (Å²) in [5, 5.41) is 15.3. The van der Waals surface area contributed by atoms with Crippen LogP contribution in [-0.2, 0) is 5.54 Å². The molecule has 0 spiro atoms. The number of benzene rings is 3. The summed E-state index contributed by atoms with van der Waals surface area (Å²) in [7, 11) is 0. The van der Waals surface area contributed by atoms with Crippen LogP contribution in [0.15, 0.2) is 89.5 Å². The van der Waals surface area contributed by atoms with Crippen molar-refractivity contribution in [3.05, 3.63) is 113 Å². The van der Waals surface area contributed by atoms with E-state index in [2.05, 4.69) is 31.1 Å². The van der Waals surface area contributed by atoms with Crippen molar-refractivity contribution in [3.8, 4) is 22.5 Å². The average Bonchev–Trinajstić information content (AvgIpc) is 3.22. The summed E-state index contributed by atoms with van der Waals surface area (Å²) < 4.78 is 19.5. The third-order valence-electron chi connectivity index (χ3n) is 6.83. The molecule has 0 aliphatic carbocycles. The number of aliphatic hydroxyl groups excluding tert-OH is 1. The summed E-state index contributed by atoms with van der Waals surface area (Å²) >= 11 is 0. The standard InChI is InChI=1S/C31H29FN2O2/c1-19-26(18-33-30-27(19)20(2)28(36-30)21-13-15-25(32)16-14-21)22-9-8-10-23(17-22)29(35)34-31(3,4)24-11-6-5-7-12-24/h5-18,29,34-35H,1-4H3. The number of halogens is 1. The van der Waals surface area contributed by atoms with Crippen molar-refractivity contribution in [3.63, 3.8) is 0 Å². The zero-order valence-electron chi connectivity index (χ0n) is 20.8. The third kappa shape index (κ3) is 4.43. The Morgan fingerprint density at radius 2 is 1.61 bits per heavy atom. The second kappa shape index (κ2) is 9.34. The van der Waals surface area contributed by atoms with Crippen LogP contribution in [0, 0.1) is 19.7 Å².